The largest absolute Gasteiger partial charge is 0.548 e. The molecule has 2 heterocycles. The van der Waals surface area contributed by atoms with Crippen molar-refractivity contribution in [1.29, 1.82) is 0 Å². The second-order valence-corrected chi connectivity index (χ2v) is 5.68. The Morgan fingerprint density at radius 2 is 2.04 bits per heavy atom. The fourth-order valence-electron chi connectivity index (χ4n) is 2.58. The van der Waals surface area contributed by atoms with Crippen molar-refractivity contribution in [3.63, 3.8) is 0 Å². The number of nitrogens with zero attached hydrogens (tertiary/aromatic N) is 5. The molecule has 0 saturated carbocycles. The van der Waals surface area contributed by atoms with E-state index in [9.17, 15) is 23.1 Å². The lowest BCUT2D eigenvalue weighted by Crippen LogP contribution is -2.32. The number of halogens is 3. The Balaban J connectivity index is 2.00. The normalized spacial score (nSPS) is 13.2. The van der Waals surface area contributed by atoms with Gasteiger partial charge < -0.3 is 14.6 Å². The molecule has 138 valence electrons. The number of hydrogen-bond donors (Lipinski definition) is 0. The molecule has 3 aromatic rings. The number of carbonyl (C=O) groups is 1. The molecule has 0 aliphatic carbocycles. The SMILES string of the molecule is Cc1c(Oc2ccc3nnn(C(C)C(=O)[O-])c3c2)nn(C)c1C(F)(F)F. The highest BCUT2D eigenvalue weighted by atomic mass is 19.4. The van der Waals surface area contributed by atoms with Gasteiger partial charge >= 0.3 is 6.18 Å². The molecule has 0 aliphatic rings. The maximum Gasteiger partial charge on any atom is 0.433 e. The van der Waals surface area contributed by atoms with Gasteiger partial charge in [-0.2, -0.15) is 13.2 Å². The number of alkyl halides is 3. The zero-order valence-corrected chi connectivity index (χ0v) is 13.9. The topological polar surface area (TPSA) is 97.9 Å². The second kappa shape index (κ2) is 6.00. The predicted molar refractivity (Wildman–Crippen MR) is 80.3 cm³/mol. The van der Waals surface area contributed by atoms with Crippen molar-refractivity contribution in [2.24, 2.45) is 7.05 Å². The number of benzene rings is 1. The van der Waals surface area contributed by atoms with Crippen molar-refractivity contribution >= 4 is 17.0 Å². The minimum Gasteiger partial charge on any atom is -0.548 e. The quantitative estimate of drug-likeness (QED) is 0.694. The first-order chi connectivity index (χ1) is 12.1. The predicted octanol–water partition coefficient (Wildman–Crippen LogP) is 1.60. The standard InChI is InChI=1S/C15H14F3N5O3/c1-7-12(15(16,17)18)22(3)20-13(7)26-9-4-5-10-11(6-9)23(21-19-10)8(2)14(24)25/h4-6,8H,1-3H3,(H,24,25)/p-1. The van der Waals surface area contributed by atoms with Crippen LogP contribution in [0.25, 0.3) is 11.0 Å². The smallest absolute Gasteiger partial charge is 0.433 e. The fraction of sp³-hybridized carbons (Fsp3) is 0.333. The van der Waals surface area contributed by atoms with Crippen LogP contribution in [-0.2, 0) is 18.0 Å². The van der Waals surface area contributed by atoms with Crippen LogP contribution in [0.2, 0.25) is 0 Å². The molecule has 0 bridgehead atoms. The summed E-state index contributed by atoms with van der Waals surface area (Å²) in [4.78, 5) is 11.0. The first-order valence-electron chi connectivity index (χ1n) is 7.44. The van der Waals surface area contributed by atoms with Crippen LogP contribution in [0.15, 0.2) is 18.2 Å². The average Bonchev–Trinajstić information content (AvgIpc) is 3.06. The van der Waals surface area contributed by atoms with E-state index in [2.05, 4.69) is 15.4 Å². The van der Waals surface area contributed by atoms with Crippen molar-refractivity contribution < 1.29 is 27.8 Å². The summed E-state index contributed by atoms with van der Waals surface area (Å²) in [7, 11) is 1.17. The number of fused-ring (bicyclic) bond motifs is 1. The van der Waals surface area contributed by atoms with E-state index in [1.807, 2.05) is 0 Å². The number of hydrogen-bond acceptors (Lipinski definition) is 6. The molecule has 2 aromatic heterocycles. The number of carboxylic acids is 1. The van der Waals surface area contributed by atoms with Gasteiger partial charge in [0.25, 0.3) is 0 Å². The van der Waals surface area contributed by atoms with Crippen molar-refractivity contribution in [2.45, 2.75) is 26.1 Å². The third-order valence-electron chi connectivity index (χ3n) is 3.87. The molecule has 1 aromatic carbocycles. The van der Waals surface area contributed by atoms with E-state index in [4.69, 9.17) is 4.74 Å². The van der Waals surface area contributed by atoms with Crippen LogP contribution in [0, 0.1) is 6.92 Å². The average molecular weight is 368 g/mol. The highest BCUT2D eigenvalue weighted by molar-refractivity contribution is 5.79. The van der Waals surface area contributed by atoms with Gasteiger partial charge in [0.1, 0.15) is 17.0 Å². The Hall–Kier alpha value is -3.11. The van der Waals surface area contributed by atoms with Crippen LogP contribution in [0.3, 0.4) is 0 Å². The molecule has 0 aliphatic heterocycles. The molecule has 0 spiro atoms. The van der Waals surface area contributed by atoms with Crippen LogP contribution in [0.1, 0.15) is 24.2 Å². The van der Waals surface area contributed by atoms with Gasteiger partial charge in [-0.1, -0.05) is 5.21 Å². The molecule has 1 unspecified atom stereocenters. The molecule has 0 radical (unpaired) electrons. The zero-order chi connectivity index (χ0) is 19.2. The van der Waals surface area contributed by atoms with Crippen LogP contribution in [0.4, 0.5) is 13.2 Å². The van der Waals surface area contributed by atoms with Gasteiger partial charge in [-0.15, -0.1) is 10.2 Å². The van der Waals surface area contributed by atoms with Gasteiger partial charge in [0, 0.05) is 18.7 Å². The minimum absolute atomic E-state index is 0.158. The number of aliphatic carboxylic acids is 1. The Morgan fingerprint density at radius 3 is 2.62 bits per heavy atom. The fourth-order valence-corrected chi connectivity index (χ4v) is 2.58. The van der Waals surface area contributed by atoms with Crippen LogP contribution in [0.5, 0.6) is 11.6 Å². The summed E-state index contributed by atoms with van der Waals surface area (Å²) in [6.07, 6.45) is -4.57. The highest BCUT2D eigenvalue weighted by Crippen LogP contribution is 2.36. The summed E-state index contributed by atoms with van der Waals surface area (Å²) in [6.45, 7) is 2.63. The maximum absolute atomic E-state index is 13.0. The minimum atomic E-state index is -4.57. The van der Waals surface area contributed by atoms with Gasteiger partial charge in [0.2, 0.25) is 5.88 Å². The number of aryl methyl sites for hydroxylation is 1. The van der Waals surface area contributed by atoms with Crippen LogP contribution >= 0.6 is 0 Å². The van der Waals surface area contributed by atoms with Gasteiger partial charge in [-0.05, 0) is 26.0 Å². The summed E-state index contributed by atoms with van der Waals surface area (Å²) in [5, 5.41) is 22.4. The zero-order valence-electron chi connectivity index (χ0n) is 13.9. The summed E-state index contributed by atoms with van der Waals surface area (Å²) >= 11 is 0. The molecule has 0 amide bonds. The van der Waals surface area contributed by atoms with Gasteiger partial charge in [-0.25, -0.2) is 4.68 Å². The first kappa shape index (κ1) is 17.7. The van der Waals surface area contributed by atoms with Crippen molar-refractivity contribution in [1.82, 2.24) is 24.8 Å². The molecule has 26 heavy (non-hydrogen) atoms. The summed E-state index contributed by atoms with van der Waals surface area (Å²) in [5.74, 6) is -1.38. The van der Waals surface area contributed by atoms with Crippen molar-refractivity contribution in [2.75, 3.05) is 0 Å². The van der Waals surface area contributed by atoms with E-state index >= 15 is 0 Å². The molecule has 1 atom stereocenters. The van der Waals surface area contributed by atoms with Crippen molar-refractivity contribution in [3.05, 3.63) is 29.5 Å². The lowest BCUT2D eigenvalue weighted by atomic mass is 10.2. The third kappa shape index (κ3) is 2.95. The highest BCUT2D eigenvalue weighted by Gasteiger charge is 2.38. The number of carbonyl (C=O) groups excluding carboxylic acids is 1. The Kier molecular flexibility index (Phi) is 4.09. The van der Waals surface area contributed by atoms with E-state index in [0.29, 0.717) is 15.7 Å². The van der Waals surface area contributed by atoms with Crippen LogP contribution < -0.4 is 9.84 Å². The summed E-state index contributed by atoms with van der Waals surface area (Å²) in [6, 6.07) is 3.34. The molecule has 0 saturated heterocycles. The number of aromatic nitrogens is 5. The van der Waals surface area contributed by atoms with E-state index in [-0.39, 0.29) is 17.2 Å². The van der Waals surface area contributed by atoms with Crippen LogP contribution in [-0.4, -0.2) is 30.7 Å². The summed E-state index contributed by atoms with van der Waals surface area (Å²) in [5.41, 5.74) is -0.330. The number of carboxylic acid groups (broad SMARTS) is 1. The molecular weight excluding hydrogens is 355 g/mol. The molecule has 11 heteroatoms. The molecule has 0 N–H and O–H groups in total. The molecule has 0 fully saturated rings. The Labute approximate surface area is 144 Å². The molecule has 8 nitrogen and oxygen atoms in total. The van der Waals surface area contributed by atoms with E-state index in [1.165, 1.54) is 39.1 Å². The van der Waals surface area contributed by atoms with Crippen molar-refractivity contribution in [3.8, 4) is 11.6 Å². The lowest BCUT2D eigenvalue weighted by molar-refractivity contribution is -0.310. The second-order valence-electron chi connectivity index (χ2n) is 5.68. The maximum atomic E-state index is 13.0. The molecular formula is C15H13F3N5O3-. The van der Waals surface area contributed by atoms with E-state index in [1.54, 1.807) is 0 Å². The summed E-state index contributed by atoms with van der Waals surface area (Å²) < 4.78 is 46.4. The van der Waals surface area contributed by atoms with Gasteiger partial charge in [0.15, 0.2) is 0 Å². The Morgan fingerprint density at radius 1 is 1.35 bits per heavy atom. The monoisotopic (exact) mass is 368 g/mol. The van der Waals surface area contributed by atoms with E-state index < -0.39 is 23.9 Å². The lowest BCUT2D eigenvalue weighted by Gasteiger charge is -2.13. The number of ether oxygens (including phenoxy) is 1. The molecule has 3 rings (SSSR count). The van der Waals surface area contributed by atoms with Gasteiger partial charge in [-0.3, -0.25) is 4.68 Å². The first-order valence-corrected chi connectivity index (χ1v) is 7.44. The third-order valence-corrected chi connectivity index (χ3v) is 3.87. The van der Waals surface area contributed by atoms with Gasteiger partial charge in [0.05, 0.1) is 17.5 Å². The van der Waals surface area contributed by atoms with E-state index in [0.717, 1.165) is 4.68 Å². The number of rotatable bonds is 4. The Bertz CT molecular complexity index is 992.